The summed E-state index contributed by atoms with van der Waals surface area (Å²) in [5.41, 5.74) is 7.02. The second-order valence-electron chi connectivity index (χ2n) is 4.17. The van der Waals surface area contributed by atoms with E-state index in [9.17, 15) is 0 Å². The van der Waals surface area contributed by atoms with Crippen LogP contribution in [0.2, 0.25) is 0 Å². The first-order valence-electron chi connectivity index (χ1n) is 6.07. The van der Waals surface area contributed by atoms with Crippen LogP contribution in [0.5, 0.6) is 5.75 Å². The summed E-state index contributed by atoms with van der Waals surface area (Å²) in [6.45, 7) is 1.63. The number of ether oxygens (including phenoxy) is 1. The summed E-state index contributed by atoms with van der Waals surface area (Å²) in [5.74, 6) is 0.515. The molecular weight excluding hydrogens is 246 g/mol. The molecule has 19 heavy (non-hydrogen) atoms. The molecule has 0 aromatic heterocycles. The van der Waals surface area contributed by atoms with Crippen LogP contribution in [0.15, 0.2) is 18.2 Å². The third-order valence-corrected chi connectivity index (χ3v) is 2.79. The summed E-state index contributed by atoms with van der Waals surface area (Å²) in [4.78, 5) is 1.92. The number of aliphatic hydroxyl groups is 2. The van der Waals surface area contributed by atoms with E-state index in [-0.39, 0.29) is 19.0 Å². The number of nitrogen functional groups attached to an aromatic ring is 1. The van der Waals surface area contributed by atoms with E-state index in [1.165, 1.54) is 7.11 Å². The molecule has 106 valence electrons. The molecular formula is C13H21N3O3. The Bertz CT molecular complexity index is 418. The lowest BCUT2D eigenvalue weighted by Gasteiger charge is -2.20. The number of nitrogens with zero attached hydrogens (tertiary/aromatic N) is 1. The summed E-state index contributed by atoms with van der Waals surface area (Å²) >= 11 is 0. The predicted molar refractivity (Wildman–Crippen MR) is 73.5 cm³/mol. The van der Waals surface area contributed by atoms with Crippen LogP contribution in [0, 0.1) is 5.41 Å². The molecule has 1 aromatic rings. The van der Waals surface area contributed by atoms with E-state index in [1.54, 1.807) is 12.1 Å². The highest BCUT2D eigenvalue weighted by atomic mass is 16.5. The third-order valence-electron chi connectivity index (χ3n) is 2.79. The molecule has 0 bridgehead atoms. The van der Waals surface area contributed by atoms with Crippen LogP contribution in [-0.4, -0.2) is 54.4 Å². The van der Waals surface area contributed by atoms with Gasteiger partial charge in [0.1, 0.15) is 11.6 Å². The van der Waals surface area contributed by atoms with Crippen LogP contribution < -0.4 is 10.5 Å². The van der Waals surface area contributed by atoms with Crippen LogP contribution in [0.1, 0.15) is 11.1 Å². The minimum atomic E-state index is -0.0467. The quantitative estimate of drug-likeness (QED) is 0.385. The number of amidine groups is 1. The smallest absolute Gasteiger partial charge is 0.129 e. The van der Waals surface area contributed by atoms with Crippen molar-refractivity contribution in [1.82, 2.24) is 4.90 Å². The van der Waals surface area contributed by atoms with E-state index in [2.05, 4.69) is 0 Å². The van der Waals surface area contributed by atoms with E-state index in [0.717, 1.165) is 5.56 Å². The van der Waals surface area contributed by atoms with Crippen LogP contribution in [0.25, 0.3) is 0 Å². The molecule has 0 saturated carbocycles. The van der Waals surface area contributed by atoms with Crippen molar-refractivity contribution in [3.05, 3.63) is 29.3 Å². The van der Waals surface area contributed by atoms with Crippen LogP contribution >= 0.6 is 0 Å². The fraction of sp³-hybridized carbons (Fsp3) is 0.462. The number of aliphatic hydroxyl groups excluding tert-OH is 2. The molecule has 0 heterocycles. The Morgan fingerprint density at radius 3 is 2.42 bits per heavy atom. The van der Waals surface area contributed by atoms with Gasteiger partial charge in [-0.25, -0.2) is 0 Å². The zero-order valence-electron chi connectivity index (χ0n) is 11.1. The average molecular weight is 267 g/mol. The molecule has 5 N–H and O–H groups in total. The number of nitrogens with one attached hydrogen (secondary N) is 1. The van der Waals surface area contributed by atoms with Gasteiger partial charge in [-0.05, 0) is 17.7 Å². The van der Waals surface area contributed by atoms with Gasteiger partial charge >= 0.3 is 0 Å². The molecule has 0 aliphatic rings. The van der Waals surface area contributed by atoms with Gasteiger partial charge < -0.3 is 20.7 Å². The third kappa shape index (κ3) is 4.51. The molecule has 0 atom stereocenters. The van der Waals surface area contributed by atoms with Crippen molar-refractivity contribution in [2.45, 2.75) is 6.54 Å². The molecule has 0 fully saturated rings. The second kappa shape index (κ2) is 7.73. The normalized spacial score (nSPS) is 10.7. The SMILES string of the molecule is COc1ccc(CN(CCO)CCO)cc1C(=N)N. The number of nitrogens with two attached hydrogens (primary N) is 1. The number of methoxy groups -OCH3 is 1. The Balaban J connectivity index is 2.88. The lowest BCUT2D eigenvalue weighted by atomic mass is 10.1. The Morgan fingerprint density at radius 1 is 1.32 bits per heavy atom. The zero-order chi connectivity index (χ0) is 14.3. The van der Waals surface area contributed by atoms with Crippen molar-refractivity contribution in [2.75, 3.05) is 33.4 Å². The van der Waals surface area contributed by atoms with Crippen molar-refractivity contribution in [2.24, 2.45) is 5.73 Å². The number of benzene rings is 1. The van der Waals surface area contributed by atoms with Crippen molar-refractivity contribution in [1.29, 1.82) is 5.41 Å². The van der Waals surface area contributed by atoms with Crippen LogP contribution in [0.4, 0.5) is 0 Å². The predicted octanol–water partition coefficient (Wildman–Crippen LogP) is -0.234. The van der Waals surface area contributed by atoms with Gasteiger partial charge in [-0.1, -0.05) is 6.07 Å². The number of hydrogen-bond donors (Lipinski definition) is 4. The molecule has 0 amide bonds. The maximum atomic E-state index is 8.97. The maximum Gasteiger partial charge on any atom is 0.129 e. The largest absolute Gasteiger partial charge is 0.496 e. The first-order valence-corrected chi connectivity index (χ1v) is 6.07. The lowest BCUT2D eigenvalue weighted by Crippen LogP contribution is -2.29. The molecule has 0 aliphatic carbocycles. The van der Waals surface area contributed by atoms with Gasteiger partial charge in [-0.2, -0.15) is 0 Å². The minimum absolute atomic E-state index is 0.0374. The summed E-state index contributed by atoms with van der Waals surface area (Å²) in [6.07, 6.45) is 0. The van der Waals surface area contributed by atoms with Gasteiger partial charge in [-0.15, -0.1) is 0 Å². The molecule has 0 radical (unpaired) electrons. The molecule has 0 saturated heterocycles. The van der Waals surface area contributed by atoms with Gasteiger partial charge in [0.05, 0.1) is 25.9 Å². The van der Waals surface area contributed by atoms with E-state index < -0.39 is 0 Å². The minimum Gasteiger partial charge on any atom is -0.496 e. The molecule has 1 aromatic carbocycles. The Kier molecular flexibility index (Phi) is 6.27. The van der Waals surface area contributed by atoms with Gasteiger partial charge in [-0.3, -0.25) is 10.3 Å². The highest BCUT2D eigenvalue weighted by Gasteiger charge is 2.10. The maximum absolute atomic E-state index is 8.97. The van der Waals surface area contributed by atoms with Crippen LogP contribution in [-0.2, 0) is 6.54 Å². The van der Waals surface area contributed by atoms with E-state index in [4.69, 9.17) is 26.1 Å². The van der Waals surface area contributed by atoms with Crippen LogP contribution in [0.3, 0.4) is 0 Å². The van der Waals surface area contributed by atoms with E-state index in [1.807, 2.05) is 11.0 Å². The lowest BCUT2D eigenvalue weighted by molar-refractivity contribution is 0.156. The summed E-state index contributed by atoms with van der Waals surface area (Å²) < 4.78 is 5.15. The Morgan fingerprint density at radius 2 is 1.95 bits per heavy atom. The fourth-order valence-electron chi connectivity index (χ4n) is 1.87. The molecule has 1 rings (SSSR count). The molecule has 0 unspecified atom stereocenters. The summed E-state index contributed by atoms with van der Waals surface area (Å²) in [6, 6.07) is 5.44. The molecule has 6 heteroatoms. The van der Waals surface area contributed by atoms with E-state index >= 15 is 0 Å². The number of rotatable bonds is 8. The average Bonchev–Trinajstić information content (AvgIpc) is 2.39. The monoisotopic (exact) mass is 267 g/mol. The summed E-state index contributed by atoms with van der Waals surface area (Å²) in [7, 11) is 1.53. The Hall–Kier alpha value is -1.63. The van der Waals surface area contributed by atoms with Crippen molar-refractivity contribution in [3.63, 3.8) is 0 Å². The van der Waals surface area contributed by atoms with Crippen molar-refractivity contribution in [3.8, 4) is 5.75 Å². The first-order chi connectivity index (χ1) is 9.12. The Labute approximate surface area is 112 Å². The highest BCUT2D eigenvalue weighted by Crippen LogP contribution is 2.20. The second-order valence-corrected chi connectivity index (χ2v) is 4.17. The van der Waals surface area contributed by atoms with Gasteiger partial charge in [0.15, 0.2) is 0 Å². The highest BCUT2D eigenvalue weighted by molar-refractivity contribution is 5.97. The van der Waals surface area contributed by atoms with Crippen molar-refractivity contribution >= 4 is 5.84 Å². The molecule has 6 nitrogen and oxygen atoms in total. The van der Waals surface area contributed by atoms with Gasteiger partial charge in [0.2, 0.25) is 0 Å². The van der Waals surface area contributed by atoms with Gasteiger partial charge in [0.25, 0.3) is 0 Å². The standard InChI is InChI=1S/C13H21N3O3/c1-19-12-3-2-10(8-11(12)13(14)15)9-16(4-6-17)5-7-18/h2-3,8,17-18H,4-7,9H2,1H3,(H3,14,15). The van der Waals surface area contributed by atoms with Gasteiger partial charge in [0, 0.05) is 19.6 Å². The zero-order valence-corrected chi connectivity index (χ0v) is 11.1. The molecule has 0 aliphatic heterocycles. The summed E-state index contributed by atoms with van der Waals surface area (Å²) in [5, 5.41) is 25.5. The van der Waals surface area contributed by atoms with Crippen molar-refractivity contribution < 1.29 is 14.9 Å². The fourth-order valence-corrected chi connectivity index (χ4v) is 1.87. The first kappa shape index (κ1) is 15.4. The topological polar surface area (TPSA) is 103 Å². The molecule has 0 spiro atoms. The van der Waals surface area contributed by atoms with E-state index in [0.29, 0.717) is 30.9 Å². The number of hydrogen-bond acceptors (Lipinski definition) is 5.